The lowest BCUT2D eigenvalue weighted by Crippen LogP contribution is -1.92. The zero-order valence-electron chi connectivity index (χ0n) is 6.08. The highest BCUT2D eigenvalue weighted by Gasteiger charge is 2.08. The lowest BCUT2D eigenvalue weighted by molar-refractivity contribution is 1.14. The minimum atomic E-state index is 0.587. The quantitative estimate of drug-likeness (QED) is 0.515. The molecule has 1 rings (SSSR count). The van der Waals surface area contributed by atoms with Crippen LogP contribution in [0.3, 0.4) is 0 Å². The van der Waals surface area contributed by atoms with E-state index in [1.54, 1.807) is 0 Å². The van der Waals surface area contributed by atoms with Gasteiger partial charge in [-0.05, 0) is 57.9 Å². The number of aryl methyl sites for hydroxylation is 1. The molecule has 1 aromatic rings. The Bertz CT molecular complexity index is 275. The first kappa shape index (κ1) is 9.74. The minimum Gasteiger partial charge on any atom is -0.239 e. The SMILES string of the molecule is Cc1nc(Cl)c(I)c(C)c1Br. The molecule has 1 aromatic heterocycles. The van der Waals surface area contributed by atoms with Gasteiger partial charge in [0.15, 0.2) is 0 Å². The number of pyridine rings is 1. The Morgan fingerprint density at radius 2 is 2.00 bits per heavy atom. The summed E-state index contributed by atoms with van der Waals surface area (Å²) in [5.41, 5.74) is 2.09. The van der Waals surface area contributed by atoms with Crippen LogP contribution in [-0.4, -0.2) is 4.98 Å². The second-order valence-corrected chi connectivity index (χ2v) is 4.47. The molecule has 0 N–H and O–H groups in total. The summed E-state index contributed by atoms with van der Waals surface area (Å²) in [6.07, 6.45) is 0. The van der Waals surface area contributed by atoms with Crippen molar-refractivity contribution in [2.75, 3.05) is 0 Å². The molecule has 0 bridgehead atoms. The Kier molecular flexibility index (Phi) is 3.17. The average molecular weight is 346 g/mol. The van der Waals surface area contributed by atoms with Crippen molar-refractivity contribution in [3.05, 3.63) is 24.5 Å². The van der Waals surface area contributed by atoms with Crippen LogP contribution in [0.4, 0.5) is 0 Å². The fraction of sp³-hybridized carbons (Fsp3) is 0.286. The van der Waals surface area contributed by atoms with Crippen molar-refractivity contribution in [2.45, 2.75) is 13.8 Å². The molecule has 0 saturated carbocycles. The maximum Gasteiger partial charge on any atom is 0.142 e. The lowest BCUT2D eigenvalue weighted by atomic mass is 10.2. The number of rotatable bonds is 0. The van der Waals surface area contributed by atoms with Crippen LogP contribution in [0.1, 0.15) is 11.3 Å². The van der Waals surface area contributed by atoms with Gasteiger partial charge < -0.3 is 0 Å². The summed E-state index contributed by atoms with van der Waals surface area (Å²) in [5, 5.41) is 0.587. The third kappa shape index (κ3) is 1.87. The summed E-state index contributed by atoms with van der Waals surface area (Å²) in [6, 6.07) is 0. The normalized spacial score (nSPS) is 10.3. The third-order valence-electron chi connectivity index (χ3n) is 1.42. The maximum absolute atomic E-state index is 5.85. The van der Waals surface area contributed by atoms with E-state index in [2.05, 4.69) is 43.5 Å². The van der Waals surface area contributed by atoms with Crippen LogP contribution in [0.15, 0.2) is 4.47 Å². The summed E-state index contributed by atoms with van der Waals surface area (Å²) < 4.78 is 2.06. The van der Waals surface area contributed by atoms with E-state index in [9.17, 15) is 0 Å². The second-order valence-electron chi connectivity index (χ2n) is 2.24. The molecule has 0 radical (unpaired) electrons. The van der Waals surface area contributed by atoms with Gasteiger partial charge >= 0.3 is 0 Å². The monoisotopic (exact) mass is 345 g/mol. The summed E-state index contributed by atoms with van der Waals surface area (Å²) in [5.74, 6) is 0. The van der Waals surface area contributed by atoms with Gasteiger partial charge in [-0.3, -0.25) is 0 Å². The lowest BCUT2D eigenvalue weighted by Gasteiger charge is -2.05. The third-order valence-corrected chi connectivity index (χ3v) is 4.50. The van der Waals surface area contributed by atoms with Gasteiger partial charge in [0, 0.05) is 4.47 Å². The molecule has 0 saturated heterocycles. The van der Waals surface area contributed by atoms with E-state index < -0.39 is 0 Å². The number of nitrogens with zero attached hydrogens (tertiary/aromatic N) is 1. The maximum atomic E-state index is 5.85. The Labute approximate surface area is 92.8 Å². The number of aromatic nitrogens is 1. The molecule has 1 heterocycles. The van der Waals surface area contributed by atoms with Gasteiger partial charge in [0.25, 0.3) is 0 Å². The van der Waals surface area contributed by atoms with Crippen LogP contribution >= 0.6 is 50.1 Å². The topological polar surface area (TPSA) is 12.9 Å². The Balaban J connectivity index is 3.46. The van der Waals surface area contributed by atoms with Crippen LogP contribution in [0.2, 0.25) is 5.15 Å². The van der Waals surface area contributed by atoms with Crippen LogP contribution in [-0.2, 0) is 0 Å². The minimum absolute atomic E-state index is 0.587. The standard InChI is InChI=1S/C7H6BrClIN/c1-3-5(8)4(2)11-7(9)6(3)10/h1-2H3. The molecule has 0 amide bonds. The van der Waals surface area contributed by atoms with Crippen LogP contribution in [0.25, 0.3) is 0 Å². The van der Waals surface area contributed by atoms with Crippen molar-refractivity contribution in [1.29, 1.82) is 0 Å². The van der Waals surface area contributed by atoms with Crippen molar-refractivity contribution < 1.29 is 0 Å². The summed E-state index contributed by atoms with van der Waals surface area (Å²) in [6.45, 7) is 3.95. The van der Waals surface area contributed by atoms with Crippen molar-refractivity contribution in [3.63, 3.8) is 0 Å². The van der Waals surface area contributed by atoms with E-state index in [0.717, 1.165) is 19.3 Å². The molecule has 0 aromatic carbocycles. The number of hydrogen-bond acceptors (Lipinski definition) is 1. The van der Waals surface area contributed by atoms with E-state index in [1.165, 1.54) is 0 Å². The highest BCUT2D eigenvalue weighted by Crippen LogP contribution is 2.28. The fourth-order valence-electron chi connectivity index (χ4n) is 0.768. The molecule has 0 aliphatic heterocycles. The molecule has 4 heteroatoms. The predicted octanol–water partition coefficient (Wildman–Crippen LogP) is 3.72. The first-order valence-corrected chi connectivity index (χ1v) is 5.26. The van der Waals surface area contributed by atoms with Gasteiger partial charge in [-0.2, -0.15) is 0 Å². The van der Waals surface area contributed by atoms with Crippen molar-refractivity contribution in [2.24, 2.45) is 0 Å². The Morgan fingerprint density at radius 1 is 1.45 bits per heavy atom. The molecule has 0 aliphatic rings. The summed E-state index contributed by atoms with van der Waals surface area (Å²) in [4.78, 5) is 4.14. The number of hydrogen-bond donors (Lipinski definition) is 0. The van der Waals surface area contributed by atoms with Gasteiger partial charge in [-0.1, -0.05) is 11.6 Å². The zero-order chi connectivity index (χ0) is 8.59. The Morgan fingerprint density at radius 3 is 2.55 bits per heavy atom. The number of halogens is 3. The van der Waals surface area contributed by atoms with E-state index in [0.29, 0.717) is 5.15 Å². The first-order chi connectivity index (χ1) is 5.04. The van der Waals surface area contributed by atoms with Gasteiger partial charge in [0.1, 0.15) is 5.15 Å². The molecule has 0 fully saturated rings. The molecule has 0 spiro atoms. The molecule has 60 valence electrons. The second kappa shape index (κ2) is 3.58. The molecular formula is C7H6BrClIN. The van der Waals surface area contributed by atoms with Crippen LogP contribution in [0.5, 0.6) is 0 Å². The average Bonchev–Trinajstić information content (AvgIpc) is 1.97. The molecule has 0 aliphatic carbocycles. The van der Waals surface area contributed by atoms with Crippen molar-refractivity contribution in [1.82, 2.24) is 4.98 Å². The predicted molar refractivity (Wildman–Crippen MR) is 59.1 cm³/mol. The molecule has 0 atom stereocenters. The van der Waals surface area contributed by atoms with E-state index >= 15 is 0 Å². The van der Waals surface area contributed by atoms with Crippen LogP contribution < -0.4 is 0 Å². The molecular weight excluding hydrogens is 340 g/mol. The first-order valence-electron chi connectivity index (χ1n) is 3.01. The van der Waals surface area contributed by atoms with Crippen molar-refractivity contribution in [3.8, 4) is 0 Å². The molecule has 11 heavy (non-hydrogen) atoms. The summed E-state index contributed by atoms with van der Waals surface area (Å²) >= 11 is 11.5. The summed E-state index contributed by atoms with van der Waals surface area (Å²) in [7, 11) is 0. The van der Waals surface area contributed by atoms with E-state index in [4.69, 9.17) is 11.6 Å². The van der Waals surface area contributed by atoms with Crippen molar-refractivity contribution >= 4 is 50.1 Å². The largest absolute Gasteiger partial charge is 0.239 e. The molecule has 0 unspecified atom stereocenters. The van der Waals surface area contributed by atoms with E-state index in [1.807, 2.05) is 13.8 Å². The van der Waals surface area contributed by atoms with E-state index in [-0.39, 0.29) is 0 Å². The molecule has 1 nitrogen and oxygen atoms in total. The highest BCUT2D eigenvalue weighted by atomic mass is 127. The Hall–Kier alpha value is 0.650. The van der Waals surface area contributed by atoms with Gasteiger partial charge in [-0.25, -0.2) is 4.98 Å². The fourth-order valence-corrected chi connectivity index (χ4v) is 2.08. The smallest absolute Gasteiger partial charge is 0.142 e. The van der Waals surface area contributed by atoms with Crippen LogP contribution in [0, 0.1) is 17.4 Å². The zero-order valence-corrected chi connectivity index (χ0v) is 10.6. The van der Waals surface area contributed by atoms with Gasteiger partial charge in [0.05, 0.1) is 9.26 Å². The highest BCUT2D eigenvalue weighted by molar-refractivity contribution is 14.1. The van der Waals surface area contributed by atoms with Gasteiger partial charge in [-0.15, -0.1) is 0 Å². The van der Waals surface area contributed by atoms with Gasteiger partial charge in [0.2, 0.25) is 0 Å².